The summed E-state index contributed by atoms with van der Waals surface area (Å²) in [6.45, 7) is 12.8. The zero-order chi connectivity index (χ0) is 21.3. The van der Waals surface area contributed by atoms with Crippen LogP contribution in [0.15, 0.2) is 35.6 Å². The lowest BCUT2D eigenvalue weighted by atomic mass is 10.2. The number of piperazine rings is 1. The third-order valence-electron chi connectivity index (χ3n) is 5.25. The monoisotopic (exact) mass is 541 g/mol. The van der Waals surface area contributed by atoms with E-state index in [2.05, 4.69) is 62.8 Å². The first-order valence-corrected chi connectivity index (χ1v) is 10.9. The van der Waals surface area contributed by atoms with Gasteiger partial charge in [-0.15, -0.1) is 34.2 Å². The number of methoxy groups -OCH3 is 1. The Balaban J connectivity index is 0.00000341. The van der Waals surface area contributed by atoms with Gasteiger partial charge >= 0.3 is 0 Å². The van der Waals surface area contributed by atoms with Gasteiger partial charge in [-0.1, -0.05) is 26.8 Å². The van der Waals surface area contributed by atoms with E-state index in [0.29, 0.717) is 5.92 Å². The van der Waals surface area contributed by atoms with Crippen LogP contribution in [0.3, 0.4) is 0 Å². The molecular weight excluding hydrogens is 505 g/mol. The normalized spacial score (nSPS) is 14.5. The van der Waals surface area contributed by atoms with Crippen LogP contribution in [0.25, 0.3) is 0 Å². The number of aromatic nitrogens is 3. The van der Waals surface area contributed by atoms with Gasteiger partial charge in [0.25, 0.3) is 0 Å². The van der Waals surface area contributed by atoms with Gasteiger partial charge in [0.2, 0.25) is 0 Å². The summed E-state index contributed by atoms with van der Waals surface area (Å²) < 4.78 is 7.48. The highest BCUT2D eigenvalue weighted by Gasteiger charge is 2.20. The van der Waals surface area contributed by atoms with Crippen LogP contribution in [0, 0.1) is 5.92 Å². The van der Waals surface area contributed by atoms with E-state index in [1.807, 2.05) is 12.1 Å². The van der Waals surface area contributed by atoms with Crippen molar-refractivity contribution >= 4 is 35.6 Å². The Bertz CT molecular complexity index is 816. The van der Waals surface area contributed by atoms with E-state index in [-0.39, 0.29) is 24.0 Å². The zero-order valence-corrected chi connectivity index (χ0v) is 21.5. The fourth-order valence-electron chi connectivity index (χ4n) is 3.55. The van der Waals surface area contributed by atoms with Crippen molar-refractivity contribution < 1.29 is 4.74 Å². The number of ether oxygens (including phenoxy) is 1. The molecule has 1 N–H and O–H groups in total. The van der Waals surface area contributed by atoms with Crippen LogP contribution in [0.1, 0.15) is 26.6 Å². The van der Waals surface area contributed by atoms with E-state index in [0.717, 1.165) is 69.8 Å². The standard InChI is InChI=1S/C22H35N7O.HI/c1-5-21-26-25-17-29(21)10-9-23-22(24-16-18(2)3)28-13-11-27(12-14-28)19-7-6-8-20(15-19)30-4;/h6-8,15,17-18H,5,9-14,16H2,1-4H3,(H,23,24);1H. The van der Waals surface area contributed by atoms with Crippen molar-refractivity contribution in [3.05, 3.63) is 36.4 Å². The summed E-state index contributed by atoms with van der Waals surface area (Å²) in [6.07, 6.45) is 2.69. The molecule has 1 aliphatic rings. The van der Waals surface area contributed by atoms with Crippen LogP contribution < -0.4 is 15.0 Å². The lowest BCUT2D eigenvalue weighted by molar-refractivity contribution is 0.369. The molecule has 8 nitrogen and oxygen atoms in total. The summed E-state index contributed by atoms with van der Waals surface area (Å²) in [7, 11) is 1.71. The van der Waals surface area contributed by atoms with Gasteiger partial charge in [0.15, 0.2) is 5.96 Å². The van der Waals surface area contributed by atoms with E-state index in [1.54, 1.807) is 13.4 Å². The number of hydrogen-bond donors (Lipinski definition) is 1. The molecule has 172 valence electrons. The second kappa shape index (κ2) is 12.7. The molecule has 0 atom stereocenters. The molecule has 1 aliphatic heterocycles. The minimum absolute atomic E-state index is 0. The Hall–Kier alpha value is -2.04. The lowest BCUT2D eigenvalue weighted by Crippen LogP contribution is -2.53. The van der Waals surface area contributed by atoms with Gasteiger partial charge in [-0.3, -0.25) is 4.99 Å². The molecular formula is C22H36IN7O. The van der Waals surface area contributed by atoms with Crippen molar-refractivity contribution in [3.8, 4) is 5.75 Å². The smallest absolute Gasteiger partial charge is 0.194 e. The summed E-state index contributed by atoms with van der Waals surface area (Å²) in [5.74, 6) is 3.45. The molecule has 3 rings (SSSR count). The van der Waals surface area contributed by atoms with E-state index in [4.69, 9.17) is 9.73 Å². The van der Waals surface area contributed by atoms with Crippen molar-refractivity contribution in [3.63, 3.8) is 0 Å². The van der Waals surface area contributed by atoms with Gasteiger partial charge in [0, 0.05) is 64.0 Å². The average molecular weight is 541 g/mol. The summed E-state index contributed by atoms with van der Waals surface area (Å²) in [4.78, 5) is 9.66. The van der Waals surface area contributed by atoms with Crippen molar-refractivity contribution in [1.29, 1.82) is 0 Å². The molecule has 1 saturated heterocycles. The number of aryl methyl sites for hydroxylation is 1. The molecule has 1 aromatic heterocycles. The fourth-order valence-corrected chi connectivity index (χ4v) is 3.55. The summed E-state index contributed by atoms with van der Waals surface area (Å²) in [5, 5.41) is 11.7. The second-order valence-electron chi connectivity index (χ2n) is 7.95. The number of halogens is 1. The number of benzene rings is 1. The molecule has 2 aromatic rings. The van der Waals surface area contributed by atoms with Crippen LogP contribution in [0.2, 0.25) is 0 Å². The van der Waals surface area contributed by atoms with Crippen LogP contribution >= 0.6 is 24.0 Å². The van der Waals surface area contributed by atoms with Gasteiger partial charge in [0.05, 0.1) is 7.11 Å². The zero-order valence-electron chi connectivity index (χ0n) is 19.1. The number of anilines is 1. The van der Waals surface area contributed by atoms with E-state index < -0.39 is 0 Å². The summed E-state index contributed by atoms with van der Waals surface area (Å²) in [5.41, 5.74) is 1.21. The van der Waals surface area contributed by atoms with Crippen molar-refractivity contribution in [2.75, 3.05) is 51.3 Å². The van der Waals surface area contributed by atoms with E-state index >= 15 is 0 Å². The van der Waals surface area contributed by atoms with E-state index in [9.17, 15) is 0 Å². The molecule has 1 aromatic carbocycles. The molecule has 31 heavy (non-hydrogen) atoms. The first kappa shape index (κ1) is 25.2. The predicted octanol–water partition coefficient (Wildman–Crippen LogP) is 2.89. The van der Waals surface area contributed by atoms with Crippen LogP contribution in [0.5, 0.6) is 5.75 Å². The first-order chi connectivity index (χ1) is 14.6. The molecule has 0 aliphatic carbocycles. The maximum absolute atomic E-state index is 5.37. The molecule has 0 saturated carbocycles. The highest BCUT2D eigenvalue weighted by molar-refractivity contribution is 14.0. The molecule has 0 unspecified atom stereocenters. The van der Waals surface area contributed by atoms with Crippen molar-refractivity contribution in [2.45, 2.75) is 33.7 Å². The number of nitrogens with one attached hydrogen (secondary N) is 1. The average Bonchev–Trinajstić information content (AvgIpc) is 3.23. The Morgan fingerprint density at radius 1 is 1.23 bits per heavy atom. The molecule has 0 spiro atoms. The fraction of sp³-hybridized carbons (Fsp3) is 0.591. The van der Waals surface area contributed by atoms with Gasteiger partial charge in [-0.05, 0) is 18.1 Å². The number of aliphatic imine (C=N–C) groups is 1. The van der Waals surface area contributed by atoms with Gasteiger partial charge < -0.3 is 24.4 Å². The minimum Gasteiger partial charge on any atom is -0.497 e. The first-order valence-electron chi connectivity index (χ1n) is 10.9. The minimum atomic E-state index is 0. The topological polar surface area (TPSA) is 70.8 Å². The van der Waals surface area contributed by atoms with Crippen molar-refractivity contribution in [2.24, 2.45) is 10.9 Å². The van der Waals surface area contributed by atoms with Crippen LogP contribution in [0.4, 0.5) is 5.69 Å². The molecule has 0 radical (unpaired) electrons. The largest absolute Gasteiger partial charge is 0.497 e. The van der Waals surface area contributed by atoms with Crippen molar-refractivity contribution in [1.82, 2.24) is 25.0 Å². The number of guanidine groups is 1. The maximum atomic E-state index is 5.37. The highest BCUT2D eigenvalue weighted by atomic mass is 127. The second-order valence-corrected chi connectivity index (χ2v) is 7.95. The number of hydrogen-bond acceptors (Lipinski definition) is 5. The molecule has 1 fully saturated rings. The van der Waals surface area contributed by atoms with Gasteiger partial charge in [0.1, 0.15) is 17.9 Å². The lowest BCUT2D eigenvalue weighted by Gasteiger charge is -2.38. The molecule has 0 amide bonds. The number of rotatable bonds is 8. The van der Waals surface area contributed by atoms with Crippen LogP contribution in [-0.2, 0) is 13.0 Å². The molecule has 9 heteroatoms. The van der Waals surface area contributed by atoms with Gasteiger partial charge in [-0.25, -0.2) is 0 Å². The molecule has 0 bridgehead atoms. The van der Waals surface area contributed by atoms with E-state index in [1.165, 1.54) is 5.69 Å². The summed E-state index contributed by atoms with van der Waals surface area (Å²) >= 11 is 0. The Morgan fingerprint density at radius 3 is 2.68 bits per heavy atom. The Labute approximate surface area is 203 Å². The third kappa shape index (κ3) is 7.26. The quantitative estimate of drug-likeness (QED) is 0.315. The highest BCUT2D eigenvalue weighted by Crippen LogP contribution is 2.22. The predicted molar refractivity (Wildman–Crippen MR) is 137 cm³/mol. The Morgan fingerprint density at radius 2 is 2.00 bits per heavy atom. The van der Waals surface area contributed by atoms with Crippen LogP contribution in [-0.4, -0.2) is 72.0 Å². The summed E-state index contributed by atoms with van der Waals surface area (Å²) in [6, 6.07) is 8.29. The maximum Gasteiger partial charge on any atom is 0.194 e. The Kier molecular flexibility index (Phi) is 10.4. The third-order valence-corrected chi connectivity index (χ3v) is 5.25. The number of nitrogens with zero attached hydrogens (tertiary/aromatic N) is 6. The molecule has 2 heterocycles. The SMILES string of the molecule is CCc1nncn1CCNC(=NCC(C)C)N1CCN(c2cccc(OC)c2)CC1.I. The van der Waals surface area contributed by atoms with Gasteiger partial charge in [-0.2, -0.15) is 0 Å².